The Morgan fingerprint density at radius 3 is 2.29 bits per heavy atom. The molecule has 0 aromatic rings. The highest BCUT2D eigenvalue weighted by atomic mass is 32.2. The van der Waals surface area contributed by atoms with Gasteiger partial charge in [0.15, 0.2) is 0 Å². The second-order valence-corrected chi connectivity index (χ2v) is 7.61. The Bertz CT molecular complexity index is 329. The first-order valence-electron chi connectivity index (χ1n) is 6.17. The van der Waals surface area contributed by atoms with Crippen molar-refractivity contribution in [2.45, 2.75) is 39.2 Å². The average molecular weight is 263 g/mol. The van der Waals surface area contributed by atoms with Crippen LogP contribution in [0.2, 0.25) is 0 Å². The summed E-state index contributed by atoms with van der Waals surface area (Å²) in [7, 11) is -1.71. The molecule has 5 nitrogen and oxygen atoms in total. The standard InChI is InChI=1S/C11H25N3O2S/c1-11(2,3)13-17(15,16)14(4)9-10-5-7-12-8-6-10/h10,12-13H,5-9H2,1-4H3. The fourth-order valence-electron chi connectivity index (χ4n) is 1.99. The maximum Gasteiger partial charge on any atom is 0.279 e. The van der Waals surface area contributed by atoms with E-state index in [-0.39, 0.29) is 0 Å². The molecule has 0 aliphatic carbocycles. The highest BCUT2D eigenvalue weighted by molar-refractivity contribution is 7.87. The molecule has 102 valence electrons. The molecule has 0 aromatic carbocycles. The molecule has 0 saturated carbocycles. The van der Waals surface area contributed by atoms with Crippen molar-refractivity contribution in [1.82, 2.24) is 14.3 Å². The first-order chi connectivity index (χ1) is 7.71. The van der Waals surface area contributed by atoms with Crippen LogP contribution in [0.15, 0.2) is 0 Å². The van der Waals surface area contributed by atoms with Crippen molar-refractivity contribution in [1.29, 1.82) is 0 Å². The Morgan fingerprint density at radius 1 is 1.29 bits per heavy atom. The monoisotopic (exact) mass is 263 g/mol. The number of hydrogen-bond donors (Lipinski definition) is 2. The average Bonchev–Trinajstić information content (AvgIpc) is 2.15. The van der Waals surface area contributed by atoms with Gasteiger partial charge in [0.25, 0.3) is 10.2 Å². The predicted octanol–water partition coefficient (Wildman–Crippen LogP) is 0.551. The maximum absolute atomic E-state index is 12.0. The minimum absolute atomic E-state index is 0.429. The quantitative estimate of drug-likeness (QED) is 0.779. The molecule has 0 bridgehead atoms. The number of piperidine rings is 1. The number of nitrogens with one attached hydrogen (secondary N) is 2. The van der Waals surface area contributed by atoms with E-state index < -0.39 is 15.7 Å². The van der Waals surface area contributed by atoms with Crippen molar-refractivity contribution in [2.24, 2.45) is 5.92 Å². The molecule has 0 amide bonds. The van der Waals surface area contributed by atoms with E-state index in [0.717, 1.165) is 25.9 Å². The third-order valence-corrected chi connectivity index (χ3v) is 4.66. The van der Waals surface area contributed by atoms with Crippen molar-refractivity contribution >= 4 is 10.2 Å². The van der Waals surface area contributed by atoms with Crippen molar-refractivity contribution in [3.05, 3.63) is 0 Å². The molecule has 6 heteroatoms. The highest BCUT2D eigenvalue weighted by Crippen LogP contribution is 2.14. The van der Waals surface area contributed by atoms with Crippen LogP contribution in [0.5, 0.6) is 0 Å². The minimum atomic E-state index is -3.35. The number of hydrogen-bond acceptors (Lipinski definition) is 3. The molecule has 0 spiro atoms. The summed E-state index contributed by atoms with van der Waals surface area (Å²) in [5, 5.41) is 3.28. The zero-order valence-electron chi connectivity index (χ0n) is 11.3. The molecule has 1 saturated heterocycles. The van der Waals surface area contributed by atoms with E-state index in [1.165, 1.54) is 4.31 Å². The Morgan fingerprint density at radius 2 is 1.82 bits per heavy atom. The largest absolute Gasteiger partial charge is 0.317 e. The van der Waals surface area contributed by atoms with Crippen LogP contribution in [0.1, 0.15) is 33.6 Å². The maximum atomic E-state index is 12.0. The van der Waals surface area contributed by atoms with Crippen LogP contribution in [0.3, 0.4) is 0 Å². The van der Waals surface area contributed by atoms with E-state index in [2.05, 4.69) is 10.0 Å². The summed E-state index contributed by atoms with van der Waals surface area (Å²) in [6.45, 7) is 8.14. The van der Waals surface area contributed by atoms with Crippen LogP contribution in [-0.2, 0) is 10.2 Å². The lowest BCUT2D eigenvalue weighted by Gasteiger charge is -2.29. The summed E-state index contributed by atoms with van der Waals surface area (Å²) in [5.74, 6) is 0.470. The van der Waals surface area contributed by atoms with Crippen molar-refractivity contribution in [3.63, 3.8) is 0 Å². The van der Waals surface area contributed by atoms with Crippen LogP contribution in [-0.4, -0.2) is 44.9 Å². The smallest absolute Gasteiger partial charge is 0.279 e. The Kier molecular flexibility index (Phi) is 4.95. The highest BCUT2D eigenvalue weighted by Gasteiger charge is 2.26. The second-order valence-electron chi connectivity index (χ2n) is 5.83. The molecular formula is C11H25N3O2S. The molecule has 1 aliphatic rings. The SMILES string of the molecule is CN(CC1CCNCC1)S(=O)(=O)NC(C)(C)C. The van der Waals surface area contributed by atoms with Gasteiger partial charge < -0.3 is 5.32 Å². The molecule has 0 radical (unpaired) electrons. The first kappa shape index (κ1) is 14.9. The van der Waals surface area contributed by atoms with Gasteiger partial charge in [0, 0.05) is 19.1 Å². The first-order valence-corrected chi connectivity index (χ1v) is 7.61. The van der Waals surface area contributed by atoms with Gasteiger partial charge in [-0.25, -0.2) is 0 Å². The fourth-order valence-corrected chi connectivity index (χ4v) is 3.33. The molecule has 1 heterocycles. The normalized spacial score (nSPS) is 19.8. The third kappa shape index (κ3) is 5.33. The minimum Gasteiger partial charge on any atom is -0.317 e. The van der Waals surface area contributed by atoms with Crippen molar-refractivity contribution < 1.29 is 8.42 Å². The zero-order valence-corrected chi connectivity index (χ0v) is 12.1. The van der Waals surface area contributed by atoms with Crippen LogP contribution in [0.4, 0.5) is 0 Å². The van der Waals surface area contributed by atoms with Crippen LogP contribution in [0.25, 0.3) is 0 Å². The van der Waals surface area contributed by atoms with Gasteiger partial charge in [-0.05, 0) is 52.6 Å². The summed E-state index contributed by atoms with van der Waals surface area (Å²) in [4.78, 5) is 0. The lowest BCUT2D eigenvalue weighted by Crippen LogP contribution is -2.49. The molecule has 1 rings (SSSR count). The van der Waals surface area contributed by atoms with Gasteiger partial charge in [0.1, 0.15) is 0 Å². The van der Waals surface area contributed by atoms with E-state index in [9.17, 15) is 8.42 Å². The van der Waals surface area contributed by atoms with E-state index in [1.807, 2.05) is 20.8 Å². The van der Waals surface area contributed by atoms with Crippen LogP contribution >= 0.6 is 0 Å². The topological polar surface area (TPSA) is 61.4 Å². The number of rotatable bonds is 4. The lowest BCUT2D eigenvalue weighted by molar-refractivity contribution is 0.305. The molecule has 0 unspecified atom stereocenters. The molecular weight excluding hydrogens is 238 g/mol. The molecule has 0 atom stereocenters. The zero-order chi connectivity index (χ0) is 13.1. The molecule has 2 N–H and O–H groups in total. The van der Waals surface area contributed by atoms with E-state index in [0.29, 0.717) is 12.5 Å². The van der Waals surface area contributed by atoms with E-state index >= 15 is 0 Å². The predicted molar refractivity (Wildman–Crippen MR) is 70.0 cm³/mol. The van der Waals surface area contributed by atoms with Gasteiger partial charge in [0.2, 0.25) is 0 Å². The van der Waals surface area contributed by atoms with Gasteiger partial charge in [0.05, 0.1) is 0 Å². The lowest BCUT2D eigenvalue weighted by atomic mass is 9.98. The fraction of sp³-hybridized carbons (Fsp3) is 1.00. The van der Waals surface area contributed by atoms with Gasteiger partial charge in [-0.15, -0.1) is 0 Å². The number of nitrogens with zero attached hydrogens (tertiary/aromatic N) is 1. The molecule has 17 heavy (non-hydrogen) atoms. The summed E-state index contributed by atoms with van der Waals surface area (Å²) in [6, 6.07) is 0. The molecule has 1 aliphatic heterocycles. The molecule has 0 aromatic heterocycles. The summed E-state index contributed by atoms with van der Waals surface area (Å²) in [5.41, 5.74) is -0.429. The Hall–Kier alpha value is -0.170. The Balaban J connectivity index is 2.53. The van der Waals surface area contributed by atoms with E-state index in [1.54, 1.807) is 7.05 Å². The summed E-state index contributed by atoms with van der Waals surface area (Å²) < 4.78 is 28.1. The second kappa shape index (κ2) is 5.65. The third-order valence-electron chi connectivity index (χ3n) is 2.82. The van der Waals surface area contributed by atoms with Crippen LogP contribution in [0, 0.1) is 5.92 Å². The van der Waals surface area contributed by atoms with Crippen molar-refractivity contribution in [3.8, 4) is 0 Å². The van der Waals surface area contributed by atoms with Crippen LogP contribution < -0.4 is 10.0 Å². The summed E-state index contributed by atoms with van der Waals surface area (Å²) in [6.07, 6.45) is 2.10. The van der Waals surface area contributed by atoms with Gasteiger partial charge in [-0.3, -0.25) is 0 Å². The summed E-state index contributed by atoms with van der Waals surface area (Å²) >= 11 is 0. The Labute approximate surface area is 105 Å². The van der Waals surface area contributed by atoms with Gasteiger partial charge >= 0.3 is 0 Å². The van der Waals surface area contributed by atoms with Gasteiger partial charge in [-0.1, -0.05) is 0 Å². The van der Waals surface area contributed by atoms with Crippen molar-refractivity contribution in [2.75, 3.05) is 26.7 Å². The van der Waals surface area contributed by atoms with Gasteiger partial charge in [-0.2, -0.15) is 17.4 Å². The van der Waals surface area contributed by atoms with E-state index in [4.69, 9.17) is 0 Å². The molecule has 1 fully saturated rings.